The maximum atomic E-state index is 12.0. The number of ether oxygens (including phenoxy) is 1. The van der Waals surface area contributed by atoms with Crippen molar-refractivity contribution in [2.75, 3.05) is 12.3 Å². The Balaban J connectivity index is 0.000000228. The maximum absolute atomic E-state index is 12.0. The van der Waals surface area contributed by atoms with Gasteiger partial charge in [-0.05, 0) is 6.07 Å². The molecule has 0 saturated carbocycles. The van der Waals surface area contributed by atoms with E-state index in [1.165, 1.54) is 12.3 Å². The second kappa shape index (κ2) is 8.01. The largest absolute Gasteiger partial charge is 0.394 e. The first-order valence-corrected chi connectivity index (χ1v) is 7.20. The molecule has 4 atom stereocenters. The van der Waals surface area contributed by atoms with E-state index in [-0.39, 0.29) is 5.82 Å². The van der Waals surface area contributed by atoms with Crippen molar-refractivity contribution in [1.29, 1.82) is 0 Å². The molecule has 0 radical (unpaired) electrons. The lowest BCUT2D eigenvalue weighted by Crippen LogP contribution is -2.36. The molecule has 142 valence electrons. The van der Waals surface area contributed by atoms with Crippen molar-refractivity contribution in [2.24, 2.45) is 0 Å². The molecule has 1 saturated heterocycles. The Morgan fingerprint density at radius 3 is 2.46 bits per heavy atom. The topological polar surface area (TPSA) is 186 Å². The van der Waals surface area contributed by atoms with Crippen LogP contribution in [-0.4, -0.2) is 59.6 Å². The van der Waals surface area contributed by atoms with Crippen LogP contribution in [0.5, 0.6) is 0 Å². The Morgan fingerprint density at radius 1 is 1.27 bits per heavy atom. The summed E-state index contributed by atoms with van der Waals surface area (Å²) in [4.78, 5) is 36.8. The highest BCUT2D eigenvalue weighted by Gasteiger charge is 2.43. The van der Waals surface area contributed by atoms with Gasteiger partial charge in [0.2, 0.25) is 0 Å². The molecule has 0 aromatic carbocycles. The molecule has 1 fully saturated rings. The predicted octanol–water partition coefficient (Wildman–Crippen LogP) is -3.29. The van der Waals surface area contributed by atoms with Gasteiger partial charge in [-0.3, -0.25) is 9.36 Å². The van der Waals surface area contributed by atoms with Crippen LogP contribution in [0.15, 0.2) is 38.9 Å². The summed E-state index contributed by atoms with van der Waals surface area (Å²) in [7, 11) is 0. The molecule has 1 aliphatic heterocycles. The zero-order valence-electron chi connectivity index (χ0n) is 13.1. The number of aliphatic hydroxyl groups is 3. The van der Waals surface area contributed by atoms with E-state index in [9.17, 15) is 29.1 Å². The standard InChI is InChI=1S/C9H13N3O5.C4H3FN2O2/c10-5-1-2-12(9(16)11-5)8-7(15)6(14)4(3-13)17-8;5-7-3(8)1-2-6-4(7)9/h1-2,4,6-8,13-15H,3H2,(H2,10,11,16);1-2H,(H,6,9)/t4-,6-,7-,8-;/m1./s1. The van der Waals surface area contributed by atoms with E-state index >= 15 is 0 Å². The van der Waals surface area contributed by atoms with E-state index in [0.717, 1.165) is 16.8 Å². The van der Waals surface area contributed by atoms with Gasteiger partial charge in [0.1, 0.15) is 24.1 Å². The van der Waals surface area contributed by atoms with Crippen LogP contribution in [0.25, 0.3) is 0 Å². The second-order valence-electron chi connectivity index (χ2n) is 5.17. The highest BCUT2D eigenvalue weighted by Crippen LogP contribution is 2.27. The van der Waals surface area contributed by atoms with E-state index in [1.807, 2.05) is 4.98 Å². The van der Waals surface area contributed by atoms with Crippen LogP contribution in [0.3, 0.4) is 0 Å². The van der Waals surface area contributed by atoms with Gasteiger partial charge in [-0.1, -0.05) is 9.27 Å². The molecule has 12 nitrogen and oxygen atoms in total. The van der Waals surface area contributed by atoms with Crippen LogP contribution in [-0.2, 0) is 4.74 Å². The average molecular weight is 373 g/mol. The van der Waals surface area contributed by atoms with Gasteiger partial charge in [0, 0.05) is 18.5 Å². The van der Waals surface area contributed by atoms with Gasteiger partial charge < -0.3 is 30.8 Å². The van der Waals surface area contributed by atoms with Gasteiger partial charge in [-0.15, -0.1) is 0 Å². The molecule has 0 unspecified atom stereocenters. The molecule has 0 bridgehead atoms. The first kappa shape index (κ1) is 19.5. The summed E-state index contributed by atoms with van der Waals surface area (Å²) in [5.41, 5.74) is 2.62. The van der Waals surface area contributed by atoms with E-state index < -0.39 is 52.9 Å². The third kappa shape index (κ3) is 4.02. The van der Waals surface area contributed by atoms with Gasteiger partial charge in [-0.2, -0.15) is 4.98 Å². The third-order valence-corrected chi connectivity index (χ3v) is 3.45. The smallest absolute Gasteiger partial charge is 0.357 e. The number of aromatic nitrogens is 4. The fraction of sp³-hybridized carbons (Fsp3) is 0.385. The molecule has 3 rings (SSSR count). The molecule has 2 aromatic heterocycles. The minimum absolute atomic E-state index is 0.0537. The van der Waals surface area contributed by atoms with Crippen molar-refractivity contribution in [2.45, 2.75) is 24.5 Å². The normalized spacial score (nSPS) is 24.8. The number of rotatable bonds is 2. The van der Waals surface area contributed by atoms with E-state index in [0.29, 0.717) is 0 Å². The molecule has 13 heteroatoms. The summed E-state index contributed by atoms with van der Waals surface area (Å²) >= 11 is 0. The summed E-state index contributed by atoms with van der Waals surface area (Å²) < 4.78 is 18.2. The molecule has 0 amide bonds. The first-order chi connectivity index (χ1) is 12.3. The Kier molecular flexibility index (Phi) is 5.99. The number of nitrogen functional groups attached to an aromatic ring is 1. The van der Waals surface area contributed by atoms with Crippen LogP contribution >= 0.6 is 0 Å². The van der Waals surface area contributed by atoms with Crippen LogP contribution in [0.4, 0.5) is 10.3 Å². The van der Waals surface area contributed by atoms with E-state index in [2.05, 4.69) is 4.98 Å². The molecule has 26 heavy (non-hydrogen) atoms. The lowest BCUT2D eigenvalue weighted by molar-refractivity contribution is -0.0549. The fourth-order valence-corrected chi connectivity index (χ4v) is 2.14. The average Bonchev–Trinajstić information content (AvgIpc) is 2.88. The minimum atomic E-state index is -1.31. The van der Waals surface area contributed by atoms with Crippen LogP contribution in [0.1, 0.15) is 6.23 Å². The number of nitrogens with zero attached hydrogens (tertiary/aromatic N) is 3. The second-order valence-corrected chi connectivity index (χ2v) is 5.17. The first-order valence-electron chi connectivity index (χ1n) is 7.20. The molecule has 0 aliphatic carbocycles. The minimum Gasteiger partial charge on any atom is -0.394 e. The van der Waals surface area contributed by atoms with Crippen LogP contribution in [0.2, 0.25) is 0 Å². The third-order valence-electron chi connectivity index (χ3n) is 3.45. The van der Waals surface area contributed by atoms with Crippen molar-refractivity contribution in [1.82, 2.24) is 19.3 Å². The van der Waals surface area contributed by atoms with Gasteiger partial charge in [-0.25, -0.2) is 9.59 Å². The van der Waals surface area contributed by atoms with Crippen molar-refractivity contribution in [3.05, 3.63) is 55.8 Å². The molecule has 6 N–H and O–H groups in total. The lowest BCUT2D eigenvalue weighted by Gasteiger charge is -2.16. The van der Waals surface area contributed by atoms with Crippen molar-refractivity contribution in [3.8, 4) is 0 Å². The molecule has 0 spiro atoms. The SMILES string of the molecule is Nc1ccn([C@@H]2O[C@H](CO)[C@@H](O)[C@H]2O)c(=O)n1.O=c1cc[nH]c(=O)n1F. The van der Waals surface area contributed by atoms with Crippen molar-refractivity contribution >= 4 is 5.82 Å². The van der Waals surface area contributed by atoms with Crippen molar-refractivity contribution in [3.63, 3.8) is 0 Å². The highest BCUT2D eigenvalue weighted by atomic mass is 19.2. The van der Waals surface area contributed by atoms with Gasteiger partial charge in [0.05, 0.1) is 6.61 Å². The highest BCUT2D eigenvalue weighted by molar-refractivity contribution is 5.23. The molecule has 1 aliphatic rings. The van der Waals surface area contributed by atoms with Crippen LogP contribution < -0.4 is 22.7 Å². The Hall–Kier alpha value is -2.87. The maximum Gasteiger partial charge on any atom is 0.357 e. The van der Waals surface area contributed by atoms with Crippen LogP contribution in [0, 0.1) is 0 Å². The van der Waals surface area contributed by atoms with Gasteiger partial charge in [0.15, 0.2) is 6.23 Å². The van der Waals surface area contributed by atoms with E-state index in [1.54, 1.807) is 0 Å². The summed E-state index contributed by atoms with van der Waals surface area (Å²) in [6.07, 6.45) is -2.18. The summed E-state index contributed by atoms with van der Waals surface area (Å²) in [6, 6.07) is 2.29. The zero-order valence-corrected chi connectivity index (χ0v) is 13.1. The monoisotopic (exact) mass is 373 g/mol. The molecular formula is C13H16FN5O7. The summed E-state index contributed by atoms with van der Waals surface area (Å²) in [6.45, 7) is -0.453. The number of aromatic amines is 1. The predicted molar refractivity (Wildman–Crippen MR) is 83.7 cm³/mol. The number of hydrogen-bond donors (Lipinski definition) is 5. The molecule has 2 aromatic rings. The zero-order chi connectivity index (χ0) is 19.4. The number of nitrogens with two attached hydrogens (primary N) is 1. The number of anilines is 1. The number of halogens is 1. The number of hydrogen-bond acceptors (Lipinski definition) is 9. The molecule has 3 heterocycles. The fourth-order valence-electron chi connectivity index (χ4n) is 2.14. The Bertz CT molecular complexity index is 898. The molecular weight excluding hydrogens is 357 g/mol. The summed E-state index contributed by atoms with van der Waals surface area (Å²) in [5, 5.41) is 28.2. The van der Waals surface area contributed by atoms with Gasteiger partial charge in [0.25, 0.3) is 5.56 Å². The van der Waals surface area contributed by atoms with Gasteiger partial charge >= 0.3 is 11.4 Å². The number of aliphatic hydroxyl groups excluding tert-OH is 3. The Morgan fingerprint density at radius 2 is 1.96 bits per heavy atom. The van der Waals surface area contributed by atoms with E-state index in [4.69, 9.17) is 15.6 Å². The quantitative estimate of drug-likeness (QED) is 0.359. The Labute approximate surface area is 143 Å². The number of H-pyrrole nitrogens is 1. The summed E-state index contributed by atoms with van der Waals surface area (Å²) in [5.74, 6) is 0.0537. The number of nitrogens with one attached hydrogen (secondary N) is 1. The lowest BCUT2D eigenvalue weighted by atomic mass is 10.1. The van der Waals surface area contributed by atoms with Crippen molar-refractivity contribution < 1.29 is 24.5 Å².